The van der Waals surface area contributed by atoms with E-state index >= 15 is 0 Å². The fourth-order valence-corrected chi connectivity index (χ4v) is 3.40. The van der Waals surface area contributed by atoms with E-state index < -0.39 is 5.91 Å². The van der Waals surface area contributed by atoms with Crippen LogP contribution in [0.2, 0.25) is 0 Å². The largest absolute Gasteiger partial charge is 0.309 e. The number of para-hydroxylation sites is 1. The number of benzene rings is 2. The summed E-state index contributed by atoms with van der Waals surface area (Å²) >= 11 is 0. The number of aromatic nitrogens is 3. The summed E-state index contributed by atoms with van der Waals surface area (Å²) in [6.45, 7) is 0. The van der Waals surface area contributed by atoms with Crippen LogP contribution in [0.3, 0.4) is 0 Å². The second-order valence-electron chi connectivity index (χ2n) is 6.80. The third kappa shape index (κ3) is 3.78. The smallest absolute Gasteiger partial charge is 0.273 e. The standard InChI is InChI=1S/C21H21N5O2/c27-20(16-11-7-8-12-16)23-24-21(28)18-22-19(15-9-3-1-4-10-15)26(25-18)17-13-5-2-6-14-17/h1-6,9-10,13-14,16H,7-8,11-12H2,(H,23,27)(H,24,28). The predicted octanol–water partition coefficient (Wildman–Crippen LogP) is 2.89. The van der Waals surface area contributed by atoms with Crippen molar-refractivity contribution in [1.82, 2.24) is 25.6 Å². The fourth-order valence-electron chi connectivity index (χ4n) is 3.40. The molecule has 1 aliphatic carbocycles. The molecule has 142 valence electrons. The Bertz CT molecular complexity index is 906. The van der Waals surface area contributed by atoms with Crippen molar-refractivity contribution in [2.75, 3.05) is 0 Å². The quantitative estimate of drug-likeness (QED) is 0.686. The van der Waals surface area contributed by atoms with Crippen LogP contribution in [0.4, 0.5) is 0 Å². The van der Waals surface area contributed by atoms with E-state index in [-0.39, 0.29) is 17.6 Å². The minimum atomic E-state index is -0.543. The van der Waals surface area contributed by atoms with Crippen LogP contribution in [-0.2, 0) is 4.79 Å². The molecule has 1 aliphatic rings. The molecule has 3 aromatic rings. The maximum absolute atomic E-state index is 12.5. The average molecular weight is 375 g/mol. The van der Waals surface area contributed by atoms with E-state index in [1.807, 2.05) is 60.7 Å². The Morgan fingerprint density at radius 2 is 1.54 bits per heavy atom. The maximum atomic E-state index is 12.5. The Balaban J connectivity index is 1.58. The monoisotopic (exact) mass is 375 g/mol. The number of carbonyl (C=O) groups excluding carboxylic acids is 2. The number of amides is 2. The maximum Gasteiger partial charge on any atom is 0.309 e. The van der Waals surface area contributed by atoms with Crippen molar-refractivity contribution in [3.05, 3.63) is 66.5 Å². The summed E-state index contributed by atoms with van der Waals surface area (Å²) in [5, 5.41) is 4.37. The van der Waals surface area contributed by atoms with Crippen LogP contribution in [0.5, 0.6) is 0 Å². The molecule has 2 amide bonds. The molecule has 0 saturated heterocycles. The first-order chi connectivity index (χ1) is 13.7. The fraction of sp³-hybridized carbons (Fsp3) is 0.238. The second-order valence-corrected chi connectivity index (χ2v) is 6.80. The summed E-state index contributed by atoms with van der Waals surface area (Å²) in [5.74, 6) is -0.182. The third-order valence-corrected chi connectivity index (χ3v) is 4.87. The van der Waals surface area contributed by atoms with Gasteiger partial charge in [0.15, 0.2) is 5.82 Å². The number of nitrogens with one attached hydrogen (secondary N) is 2. The van der Waals surface area contributed by atoms with E-state index in [4.69, 9.17) is 0 Å². The van der Waals surface area contributed by atoms with Crippen LogP contribution in [0.25, 0.3) is 17.1 Å². The summed E-state index contributed by atoms with van der Waals surface area (Å²) in [7, 11) is 0. The summed E-state index contributed by atoms with van der Waals surface area (Å²) in [6.07, 6.45) is 3.83. The van der Waals surface area contributed by atoms with Gasteiger partial charge in [-0.3, -0.25) is 20.4 Å². The van der Waals surface area contributed by atoms with Crippen LogP contribution in [0.1, 0.15) is 36.3 Å². The minimum Gasteiger partial charge on any atom is -0.273 e. The molecule has 2 N–H and O–H groups in total. The molecule has 0 aliphatic heterocycles. The van der Waals surface area contributed by atoms with E-state index in [0.29, 0.717) is 5.82 Å². The Morgan fingerprint density at radius 1 is 0.893 bits per heavy atom. The third-order valence-electron chi connectivity index (χ3n) is 4.87. The van der Waals surface area contributed by atoms with Crippen molar-refractivity contribution in [2.45, 2.75) is 25.7 Å². The molecule has 28 heavy (non-hydrogen) atoms. The highest BCUT2D eigenvalue weighted by molar-refractivity contribution is 5.92. The number of rotatable bonds is 4. The molecule has 2 aromatic carbocycles. The number of hydrazine groups is 1. The predicted molar refractivity (Wildman–Crippen MR) is 104 cm³/mol. The molecule has 0 atom stereocenters. The number of hydrogen-bond acceptors (Lipinski definition) is 4. The van der Waals surface area contributed by atoms with Crippen LogP contribution >= 0.6 is 0 Å². The molecule has 4 rings (SSSR count). The highest BCUT2D eigenvalue weighted by Gasteiger charge is 2.24. The van der Waals surface area contributed by atoms with Gasteiger partial charge in [-0.1, -0.05) is 61.4 Å². The number of hydrogen-bond donors (Lipinski definition) is 2. The lowest BCUT2D eigenvalue weighted by atomic mass is 10.1. The van der Waals surface area contributed by atoms with Gasteiger partial charge in [-0.2, -0.15) is 0 Å². The van der Waals surface area contributed by atoms with Gasteiger partial charge >= 0.3 is 5.91 Å². The van der Waals surface area contributed by atoms with Gasteiger partial charge in [0.05, 0.1) is 5.69 Å². The van der Waals surface area contributed by atoms with Gasteiger partial charge in [0.25, 0.3) is 0 Å². The number of nitrogens with zero attached hydrogens (tertiary/aromatic N) is 3. The number of carbonyl (C=O) groups is 2. The van der Waals surface area contributed by atoms with Gasteiger partial charge < -0.3 is 0 Å². The van der Waals surface area contributed by atoms with Gasteiger partial charge in [-0.05, 0) is 25.0 Å². The Kier molecular flexibility index (Phi) is 5.14. The molecule has 0 radical (unpaired) electrons. The lowest BCUT2D eigenvalue weighted by molar-refractivity contribution is -0.125. The molecule has 0 unspecified atom stereocenters. The van der Waals surface area contributed by atoms with Gasteiger partial charge in [0.2, 0.25) is 11.7 Å². The van der Waals surface area contributed by atoms with E-state index in [1.165, 1.54) is 0 Å². The molecule has 0 spiro atoms. The van der Waals surface area contributed by atoms with E-state index in [2.05, 4.69) is 20.9 Å². The zero-order valence-electron chi connectivity index (χ0n) is 15.3. The normalized spacial score (nSPS) is 14.0. The van der Waals surface area contributed by atoms with E-state index in [0.717, 1.165) is 36.9 Å². The molecule has 7 nitrogen and oxygen atoms in total. The Hall–Kier alpha value is -3.48. The molecule has 1 saturated carbocycles. The van der Waals surface area contributed by atoms with Crippen molar-refractivity contribution in [3.8, 4) is 17.1 Å². The molecular weight excluding hydrogens is 354 g/mol. The van der Waals surface area contributed by atoms with Gasteiger partial charge in [-0.15, -0.1) is 5.10 Å². The topological polar surface area (TPSA) is 88.9 Å². The van der Waals surface area contributed by atoms with Gasteiger partial charge in [0, 0.05) is 11.5 Å². The summed E-state index contributed by atoms with van der Waals surface area (Å²) < 4.78 is 1.63. The molecule has 1 heterocycles. The second kappa shape index (κ2) is 8.04. The lowest BCUT2D eigenvalue weighted by Crippen LogP contribution is -2.44. The van der Waals surface area contributed by atoms with Gasteiger partial charge in [-0.25, -0.2) is 9.67 Å². The lowest BCUT2D eigenvalue weighted by Gasteiger charge is -2.10. The first-order valence-electron chi connectivity index (χ1n) is 9.40. The molecule has 0 bridgehead atoms. The Labute approximate surface area is 162 Å². The molecule has 1 fully saturated rings. The first kappa shape index (κ1) is 17.9. The van der Waals surface area contributed by atoms with Crippen molar-refractivity contribution in [1.29, 1.82) is 0 Å². The zero-order chi connectivity index (χ0) is 19.3. The van der Waals surface area contributed by atoms with Crippen molar-refractivity contribution in [3.63, 3.8) is 0 Å². The van der Waals surface area contributed by atoms with Crippen molar-refractivity contribution >= 4 is 11.8 Å². The van der Waals surface area contributed by atoms with Crippen molar-refractivity contribution in [2.24, 2.45) is 5.92 Å². The van der Waals surface area contributed by atoms with Gasteiger partial charge in [0.1, 0.15) is 0 Å². The van der Waals surface area contributed by atoms with E-state index in [9.17, 15) is 9.59 Å². The summed E-state index contributed by atoms with van der Waals surface area (Å²) in [6, 6.07) is 19.0. The SMILES string of the molecule is O=C(NNC(=O)C1CCCC1)c1nc(-c2ccccc2)n(-c2ccccc2)n1. The van der Waals surface area contributed by atoms with Crippen LogP contribution in [-0.4, -0.2) is 26.6 Å². The van der Waals surface area contributed by atoms with Crippen LogP contribution in [0, 0.1) is 5.92 Å². The molecule has 1 aromatic heterocycles. The van der Waals surface area contributed by atoms with Crippen LogP contribution in [0.15, 0.2) is 60.7 Å². The zero-order valence-corrected chi connectivity index (χ0v) is 15.3. The minimum absolute atomic E-state index is 0.00516. The highest BCUT2D eigenvalue weighted by Crippen LogP contribution is 2.24. The summed E-state index contributed by atoms with van der Waals surface area (Å²) in [5.41, 5.74) is 6.58. The molecule has 7 heteroatoms. The van der Waals surface area contributed by atoms with E-state index in [1.54, 1.807) is 4.68 Å². The highest BCUT2D eigenvalue weighted by atomic mass is 16.2. The average Bonchev–Trinajstić information content (AvgIpc) is 3.43. The summed E-state index contributed by atoms with van der Waals surface area (Å²) in [4.78, 5) is 29.1. The molecular formula is C21H21N5O2. The Morgan fingerprint density at radius 3 is 2.21 bits per heavy atom. The van der Waals surface area contributed by atoms with Crippen molar-refractivity contribution < 1.29 is 9.59 Å². The first-order valence-corrected chi connectivity index (χ1v) is 9.40. The van der Waals surface area contributed by atoms with Crippen LogP contribution < -0.4 is 10.9 Å².